The molecule has 5 heteroatoms. The fourth-order valence-corrected chi connectivity index (χ4v) is 1.91. The highest BCUT2D eigenvalue weighted by Crippen LogP contribution is 2.12. The Morgan fingerprint density at radius 2 is 2.47 bits per heavy atom. The number of carbonyl (C=O) groups excluding carboxylic acids is 1. The molecule has 0 spiro atoms. The van der Waals surface area contributed by atoms with E-state index < -0.39 is 0 Å². The van der Waals surface area contributed by atoms with Crippen LogP contribution in [0.1, 0.15) is 6.42 Å². The third-order valence-electron chi connectivity index (χ3n) is 2.24. The first kappa shape index (κ1) is 12.7. The number of esters is 1. The summed E-state index contributed by atoms with van der Waals surface area (Å²) in [6, 6.07) is 0. The number of carbonyl (C=O) groups is 1. The molecule has 4 nitrogen and oxygen atoms in total. The molecule has 0 aliphatic carbocycles. The van der Waals surface area contributed by atoms with Crippen LogP contribution < -0.4 is 0 Å². The summed E-state index contributed by atoms with van der Waals surface area (Å²) < 4.78 is 11.0. The number of morpholine rings is 1. The second-order valence-electron chi connectivity index (χ2n) is 3.53. The lowest BCUT2D eigenvalue weighted by atomic mass is 10.2. The second-order valence-corrected chi connectivity index (χ2v) is 4.65. The van der Waals surface area contributed by atoms with Crippen LogP contribution in [0.15, 0.2) is 11.1 Å². The van der Waals surface area contributed by atoms with Crippen molar-refractivity contribution in [2.45, 2.75) is 12.5 Å². The molecule has 0 aromatic carbocycles. The summed E-state index contributed by atoms with van der Waals surface area (Å²) in [5, 5.41) is 0. The number of methoxy groups -OCH3 is 1. The van der Waals surface area contributed by atoms with Gasteiger partial charge in [-0.2, -0.15) is 0 Å². The molecule has 0 amide bonds. The van der Waals surface area contributed by atoms with E-state index in [4.69, 9.17) is 4.74 Å². The largest absolute Gasteiger partial charge is 0.469 e. The third kappa shape index (κ3) is 4.77. The van der Waals surface area contributed by atoms with E-state index in [1.165, 1.54) is 7.11 Å². The molecule has 0 unspecified atom stereocenters. The van der Waals surface area contributed by atoms with Crippen molar-refractivity contribution in [1.82, 2.24) is 4.90 Å². The van der Waals surface area contributed by atoms with Gasteiger partial charge in [0.15, 0.2) is 0 Å². The standard InChI is InChI=1S/C10H16BrNO3/c1-8(11)6-12-3-4-15-9(7-12)5-10(13)14-2/h9H,1,3-7H2,2H3/t9-/m1/s1. The zero-order valence-corrected chi connectivity index (χ0v) is 10.5. The smallest absolute Gasteiger partial charge is 0.308 e. The summed E-state index contributed by atoms with van der Waals surface area (Å²) in [4.78, 5) is 13.3. The molecule has 1 heterocycles. The van der Waals surface area contributed by atoms with Gasteiger partial charge in [0.25, 0.3) is 0 Å². The highest BCUT2D eigenvalue weighted by atomic mass is 79.9. The monoisotopic (exact) mass is 277 g/mol. The molecule has 86 valence electrons. The van der Waals surface area contributed by atoms with Crippen LogP contribution in [0, 0.1) is 0 Å². The lowest BCUT2D eigenvalue weighted by Gasteiger charge is -2.32. The number of rotatable bonds is 4. The number of ether oxygens (including phenoxy) is 2. The molecule has 1 saturated heterocycles. The predicted molar refractivity (Wildman–Crippen MR) is 60.9 cm³/mol. The molecule has 0 N–H and O–H groups in total. The second kappa shape index (κ2) is 6.25. The van der Waals surface area contributed by atoms with Crippen LogP contribution in [0.2, 0.25) is 0 Å². The first-order chi connectivity index (χ1) is 7.11. The molecule has 1 atom stereocenters. The Hall–Kier alpha value is -0.390. The van der Waals surface area contributed by atoms with Gasteiger partial charge in [-0.3, -0.25) is 9.69 Å². The molecule has 0 aromatic rings. The van der Waals surface area contributed by atoms with Gasteiger partial charge >= 0.3 is 5.97 Å². The van der Waals surface area contributed by atoms with Crippen molar-refractivity contribution >= 4 is 21.9 Å². The highest BCUT2D eigenvalue weighted by molar-refractivity contribution is 9.11. The van der Waals surface area contributed by atoms with Crippen LogP contribution in [0.3, 0.4) is 0 Å². The zero-order valence-electron chi connectivity index (χ0n) is 8.87. The molecule has 0 radical (unpaired) electrons. The Balaban J connectivity index is 2.35. The highest BCUT2D eigenvalue weighted by Gasteiger charge is 2.22. The molecule has 0 saturated carbocycles. The molecule has 0 aromatic heterocycles. The minimum Gasteiger partial charge on any atom is -0.469 e. The van der Waals surface area contributed by atoms with E-state index in [-0.39, 0.29) is 12.1 Å². The Labute approximate surface area is 98.3 Å². The van der Waals surface area contributed by atoms with Gasteiger partial charge in [0.2, 0.25) is 0 Å². The topological polar surface area (TPSA) is 38.8 Å². The van der Waals surface area contributed by atoms with E-state index in [1.54, 1.807) is 0 Å². The van der Waals surface area contributed by atoms with Crippen molar-refractivity contribution in [2.24, 2.45) is 0 Å². The van der Waals surface area contributed by atoms with Crippen LogP contribution in [0.5, 0.6) is 0 Å². The number of halogens is 1. The van der Waals surface area contributed by atoms with Crippen molar-refractivity contribution in [3.63, 3.8) is 0 Å². The maximum Gasteiger partial charge on any atom is 0.308 e. The predicted octanol–water partition coefficient (Wildman–Crippen LogP) is 1.16. The zero-order chi connectivity index (χ0) is 11.3. The molecule has 15 heavy (non-hydrogen) atoms. The Bertz CT molecular complexity index is 245. The molecule has 1 aliphatic heterocycles. The SMILES string of the molecule is C=C(Br)CN1CCO[C@H](CC(=O)OC)C1. The van der Waals surface area contributed by atoms with E-state index in [0.717, 1.165) is 24.1 Å². The lowest BCUT2D eigenvalue weighted by molar-refractivity contribution is -0.145. The van der Waals surface area contributed by atoms with Gasteiger partial charge < -0.3 is 9.47 Å². The maximum absolute atomic E-state index is 11.1. The van der Waals surface area contributed by atoms with Crippen LogP contribution in [-0.4, -0.2) is 50.3 Å². The summed E-state index contributed by atoms with van der Waals surface area (Å²) >= 11 is 3.33. The van der Waals surface area contributed by atoms with E-state index in [1.807, 2.05) is 0 Å². The number of nitrogens with zero attached hydrogens (tertiary/aromatic N) is 1. The minimum absolute atomic E-state index is 0.0574. The van der Waals surface area contributed by atoms with Crippen LogP contribution >= 0.6 is 15.9 Å². The van der Waals surface area contributed by atoms with Crippen molar-refractivity contribution in [1.29, 1.82) is 0 Å². The molecule has 0 bridgehead atoms. The summed E-state index contributed by atoms with van der Waals surface area (Å²) in [5.74, 6) is -0.223. The Morgan fingerprint density at radius 1 is 1.73 bits per heavy atom. The normalized spacial score (nSPS) is 22.4. The number of hydrogen-bond acceptors (Lipinski definition) is 4. The van der Waals surface area contributed by atoms with Crippen LogP contribution in [-0.2, 0) is 14.3 Å². The molecule has 1 aliphatic rings. The molecule has 1 fully saturated rings. The molecular formula is C10H16BrNO3. The average molecular weight is 278 g/mol. The van der Waals surface area contributed by atoms with Gasteiger partial charge in [-0.25, -0.2) is 0 Å². The minimum atomic E-state index is -0.223. The van der Waals surface area contributed by atoms with Crippen molar-refractivity contribution in [2.75, 3.05) is 33.4 Å². The van der Waals surface area contributed by atoms with Crippen molar-refractivity contribution in [3.05, 3.63) is 11.1 Å². The fourth-order valence-electron chi connectivity index (χ4n) is 1.56. The van der Waals surface area contributed by atoms with Gasteiger partial charge in [0.1, 0.15) is 0 Å². The first-order valence-corrected chi connectivity index (χ1v) is 5.65. The summed E-state index contributed by atoms with van der Waals surface area (Å²) in [7, 11) is 1.39. The third-order valence-corrected chi connectivity index (χ3v) is 2.49. The van der Waals surface area contributed by atoms with Crippen LogP contribution in [0.4, 0.5) is 0 Å². The van der Waals surface area contributed by atoms with Gasteiger partial charge in [-0.05, 0) is 0 Å². The quantitative estimate of drug-likeness (QED) is 0.723. The lowest BCUT2D eigenvalue weighted by Crippen LogP contribution is -2.43. The van der Waals surface area contributed by atoms with Gasteiger partial charge in [-0.1, -0.05) is 22.5 Å². The fraction of sp³-hybridized carbons (Fsp3) is 0.700. The van der Waals surface area contributed by atoms with E-state index >= 15 is 0 Å². The molecular weight excluding hydrogens is 262 g/mol. The Kier molecular flexibility index (Phi) is 5.28. The molecule has 1 rings (SSSR count). The summed E-state index contributed by atoms with van der Waals surface area (Å²) in [6.07, 6.45) is 0.264. The first-order valence-electron chi connectivity index (χ1n) is 4.86. The van der Waals surface area contributed by atoms with Crippen LogP contribution in [0.25, 0.3) is 0 Å². The van der Waals surface area contributed by atoms with E-state index in [0.29, 0.717) is 13.0 Å². The van der Waals surface area contributed by atoms with E-state index in [9.17, 15) is 4.79 Å². The summed E-state index contributed by atoms with van der Waals surface area (Å²) in [6.45, 7) is 6.87. The van der Waals surface area contributed by atoms with E-state index in [2.05, 4.69) is 32.1 Å². The average Bonchev–Trinajstić information content (AvgIpc) is 2.17. The van der Waals surface area contributed by atoms with Gasteiger partial charge in [0.05, 0.1) is 26.2 Å². The summed E-state index contributed by atoms with van der Waals surface area (Å²) in [5.41, 5.74) is 0. The van der Waals surface area contributed by atoms with Gasteiger partial charge in [-0.15, -0.1) is 0 Å². The maximum atomic E-state index is 11.1. The van der Waals surface area contributed by atoms with Gasteiger partial charge in [0, 0.05) is 24.1 Å². The van der Waals surface area contributed by atoms with Crippen molar-refractivity contribution < 1.29 is 14.3 Å². The Morgan fingerprint density at radius 3 is 3.07 bits per heavy atom. The van der Waals surface area contributed by atoms with Crippen molar-refractivity contribution in [3.8, 4) is 0 Å². The number of hydrogen-bond donors (Lipinski definition) is 0.